The monoisotopic (exact) mass is 323 g/mol. The number of piperidine rings is 1. The van der Waals surface area contributed by atoms with Crippen LogP contribution in [0.2, 0.25) is 0 Å². The SMILES string of the molecule is CCN(CC)C1CCCCC1N(CC)CC(=O)N1CCCCC1. The summed E-state index contributed by atoms with van der Waals surface area (Å²) in [6, 6.07) is 1.19. The first-order valence-electron chi connectivity index (χ1n) is 9.97. The lowest BCUT2D eigenvalue weighted by atomic mass is 9.87. The van der Waals surface area contributed by atoms with Crippen molar-refractivity contribution in [2.45, 2.75) is 77.8 Å². The highest BCUT2D eigenvalue weighted by atomic mass is 16.2. The van der Waals surface area contributed by atoms with E-state index in [0.29, 0.717) is 24.5 Å². The van der Waals surface area contributed by atoms with Gasteiger partial charge < -0.3 is 4.90 Å². The van der Waals surface area contributed by atoms with Gasteiger partial charge in [0.25, 0.3) is 0 Å². The van der Waals surface area contributed by atoms with Crippen LogP contribution in [-0.4, -0.2) is 72.0 Å². The first-order valence-corrected chi connectivity index (χ1v) is 9.97. The Bertz CT molecular complexity index is 351. The molecule has 1 amide bonds. The van der Waals surface area contributed by atoms with Crippen molar-refractivity contribution in [1.29, 1.82) is 0 Å². The van der Waals surface area contributed by atoms with Gasteiger partial charge in [0, 0.05) is 25.2 Å². The summed E-state index contributed by atoms with van der Waals surface area (Å²) in [5.74, 6) is 0.357. The van der Waals surface area contributed by atoms with E-state index in [1.807, 2.05) is 0 Å². The summed E-state index contributed by atoms with van der Waals surface area (Å²) in [6.07, 6.45) is 8.86. The fraction of sp³-hybridized carbons (Fsp3) is 0.947. The number of likely N-dealkylation sites (N-methyl/N-ethyl adjacent to an activating group) is 2. The molecule has 4 nitrogen and oxygen atoms in total. The van der Waals surface area contributed by atoms with E-state index in [-0.39, 0.29) is 0 Å². The molecule has 0 aromatic heterocycles. The summed E-state index contributed by atoms with van der Waals surface area (Å²) in [7, 11) is 0. The van der Waals surface area contributed by atoms with Crippen LogP contribution in [0.15, 0.2) is 0 Å². The second-order valence-corrected chi connectivity index (χ2v) is 7.14. The molecule has 4 heteroatoms. The highest BCUT2D eigenvalue weighted by molar-refractivity contribution is 5.78. The second-order valence-electron chi connectivity index (χ2n) is 7.14. The molecule has 0 bridgehead atoms. The van der Waals surface area contributed by atoms with E-state index < -0.39 is 0 Å². The van der Waals surface area contributed by atoms with E-state index in [1.165, 1.54) is 44.9 Å². The highest BCUT2D eigenvalue weighted by Gasteiger charge is 2.33. The van der Waals surface area contributed by atoms with E-state index in [0.717, 1.165) is 32.7 Å². The van der Waals surface area contributed by atoms with Crippen LogP contribution in [0.3, 0.4) is 0 Å². The van der Waals surface area contributed by atoms with Gasteiger partial charge in [-0.2, -0.15) is 0 Å². The third-order valence-electron chi connectivity index (χ3n) is 5.90. The van der Waals surface area contributed by atoms with Crippen molar-refractivity contribution in [3.05, 3.63) is 0 Å². The summed E-state index contributed by atoms with van der Waals surface area (Å²) >= 11 is 0. The summed E-state index contributed by atoms with van der Waals surface area (Å²) in [4.78, 5) is 19.9. The molecule has 2 atom stereocenters. The largest absolute Gasteiger partial charge is 0.342 e. The molecule has 0 radical (unpaired) electrons. The topological polar surface area (TPSA) is 26.8 Å². The van der Waals surface area contributed by atoms with E-state index >= 15 is 0 Å². The molecule has 1 aliphatic carbocycles. The van der Waals surface area contributed by atoms with Crippen LogP contribution in [0, 0.1) is 0 Å². The van der Waals surface area contributed by atoms with E-state index in [4.69, 9.17) is 0 Å². The van der Waals surface area contributed by atoms with Gasteiger partial charge in [-0.25, -0.2) is 0 Å². The number of likely N-dealkylation sites (tertiary alicyclic amines) is 1. The minimum Gasteiger partial charge on any atom is -0.342 e. The molecule has 1 saturated heterocycles. The van der Waals surface area contributed by atoms with Crippen LogP contribution >= 0.6 is 0 Å². The Kier molecular flexibility index (Phi) is 7.84. The average Bonchev–Trinajstić information content (AvgIpc) is 2.62. The number of carbonyl (C=O) groups is 1. The van der Waals surface area contributed by atoms with Gasteiger partial charge in [-0.1, -0.05) is 33.6 Å². The van der Waals surface area contributed by atoms with Gasteiger partial charge >= 0.3 is 0 Å². The van der Waals surface area contributed by atoms with Gasteiger partial charge in [-0.05, 0) is 51.7 Å². The molecular weight excluding hydrogens is 286 g/mol. The van der Waals surface area contributed by atoms with E-state index in [9.17, 15) is 4.79 Å². The molecule has 1 saturated carbocycles. The third kappa shape index (κ3) is 4.93. The Morgan fingerprint density at radius 1 is 0.826 bits per heavy atom. The van der Waals surface area contributed by atoms with Crippen LogP contribution in [0.4, 0.5) is 0 Å². The molecule has 0 aromatic rings. The van der Waals surface area contributed by atoms with Crippen molar-refractivity contribution < 1.29 is 4.79 Å². The van der Waals surface area contributed by atoms with Crippen molar-refractivity contribution in [1.82, 2.24) is 14.7 Å². The maximum atomic E-state index is 12.7. The molecule has 2 unspecified atom stereocenters. The van der Waals surface area contributed by atoms with Gasteiger partial charge in [0.05, 0.1) is 6.54 Å². The molecule has 0 spiro atoms. The predicted octanol–water partition coefficient (Wildman–Crippen LogP) is 2.97. The molecule has 2 rings (SSSR count). The summed E-state index contributed by atoms with van der Waals surface area (Å²) in [5.41, 5.74) is 0. The minimum atomic E-state index is 0.357. The van der Waals surface area contributed by atoms with Crippen LogP contribution in [0.1, 0.15) is 65.7 Å². The zero-order valence-corrected chi connectivity index (χ0v) is 15.6. The zero-order valence-electron chi connectivity index (χ0n) is 15.6. The molecule has 0 aromatic carbocycles. The molecule has 0 N–H and O–H groups in total. The Balaban J connectivity index is 2.00. The minimum absolute atomic E-state index is 0.357. The van der Waals surface area contributed by atoms with Gasteiger partial charge in [0.1, 0.15) is 0 Å². The summed E-state index contributed by atoms with van der Waals surface area (Å²) < 4.78 is 0. The lowest BCUT2D eigenvalue weighted by molar-refractivity contribution is -0.134. The van der Waals surface area contributed by atoms with E-state index in [2.05, 4.69) is 35.5 Å². The normalized spacial score (nSPS) is 26.0. The number of hydrogen-bond donors (Lipinski definition) is 0. The third-order valence-corrected chi connectivity index (χ3v) is 5.90. The van der Waals surface area contributed by atoms with Crippen LogP contribution in [-0.2, 0) is 4.79 Å². The number of nitrogens with zero attached hydrogens (tertiary/aromatic N) is 3. The fourth-order valence-electron chi connectivity index (χ4n) is 4.52. The standard InChI is InChI=1S/C19H37N3O/c1-4-20(5-2)17-12-8-9-13-18(17)21(6-3)16-19(23)22-14-10-7-11-15-22/h17-18H,4-16H2,1-3H3. The van der Waals surface area contributed by atoms with Gasteiger partial charge in [-0.3, -0.25) is 14.6 Å². The predicted molar refractivity (Wildman–Crippen MR) is 96.6 cm³/mol. The van der Waals surface area contributed by atoms with E-state index in [1.54, 1.807) is 0 Å². The molecule has 134 valence electrons. The molecule has 1 aliphatic heterocycles. The Morgan fingerprint density at radius 2 is 1.35 bits per heavy atom. The Hall–Kier alpha value is -0.610. The zero-order chi connectivity index (χ0) is 16.7. The highest BCUT2D eigenvalue weighted by Crippen LogP contribution is 2.27. The van der Waals surface area contributed by atoms with Crippen molar-refractivity contribution in [3.63, 3.8) is 0 Å². The smallest absolute Gasteiger partial charge is 0.236 e. The van der Waals surface area contributed by atoms with Gasteiger partial charge in [0.15, 0.2) is 0 Å². The van der Waals surface area contributed by atoms with Crippen molar-refractivity contribution in [2.24, 2.45) is 0 Å². The van der Waals surface area contributed by atoms with Crippen LogP contribution < -0.4 is 0 Å². The second kappa shape index (κ2) is 9.63. The first kappa shape index (κ1) is 18.7. The molecule has 1 heterocycles. The fourth-order valence-corrected chi connectivity index (χ4v) is 4.52. The Morgan fingerprint density at radius 3 is 1.87 bits per heavy atom. The van der Waals surface area contributed by atoms with Crippen LogP contribution in [0.5, 0.6) is 0 Å². The Labute approximate surface area is 143 Å². The first-order chi connectivity index (χ1) is 11.2. The van der Waals surface area contributed by atoms with Crippen molar-refractivity contribution in [3.8, 4) is 0 Å². The lowest BCUT2D eigenvalue weighted by Crippen LogP contribution is -2.55. The molecular formula is C19H37N3O. The summed E-state index contributed by atoms with van der Waals surface area (Å²) in [5, 5.41) is 0. The molecule has 23 heavy (non-hydrogen) atoms. The quantitative estimate of drug-likeness (QED) is 0.721. The van der Waals surface area contributed by atoms with Crippen molar-refractivity contribution in [2.75, 3.05) is 39.3 Å². The maximum Gasteiger partial charge on any atom is 0.236 e. The number of rotatable bonds is 7. The number of carbonyl (C=O) groups excluding carboxylic acids is 1. The number of hydrogen-bond acceptors (Lipinski definition) is 3. The number of amides is 1. The van der Waals surface area contributed by atoms with Crippen LogP contribution in [0.25, 0.3) is 0 Å². The van der Waals surface area contributed by atoms with Gasteiger partial charge in [-0.15, -0.1) is 0 Å². The van der Waals surface area contributed by atoms with Crippen molar-refractivity contribution >= 4 is 5.91 Å². The van der Waals surface area contributed by atoms with Gasteiger partial charge in [0.2, 0.25) is 5.91 Å². The lowest BCUT2D eigenvalue weighted by Gasteiger charge is -2.44. The average molecular weight is 324 g/mol. The molecule has 2 fully saturated rings. The molecule has 2 aliphatic rings. The maximum absolute atomic E-state index is 12.7. The summed E-state index contributed by atoms with van der Waals surface area (Å²) in [6.45, 7) is 12.6.